The van der Waals surface area contributed by atoms with Gasteiger partial charge in [0.2, 0.25) is 0 Å². The van der Waals surface area contributed by atoms with Crippen molar-refractivity contribution in [1.29, 1.82) is 0 Å². The molecule has 1 aromatic carbocycles. The number of nitrogen functional groups attached to an aromatic ring is 1. The Labute approximate surface area is 76.1 Å². The zero-order valence-corrected chi connectivity index (χ0v) is 7.98. The Bertz CT molecular complexity index is 400. The van der Waals surface area contributed by atoms with E-state index in [1.54, 1.807) is 12.1 Å². The van der Waals surface area contributed by atoms with Crippen LogP contribution in [-0.4, -0.2) is 14.7 Å². The third kappa shape index (κ3) is 1.70. The SMILES string of the molecule is CS(=O)(=O)c1cccc(N)c1Cl. The van der Waals surface area contributed by atoms with E-state index in [0.29, 0.717) is 0 Å². The Kier molecular flexibility index (Phi) is 2.30. The maximum absolute atomic E-state index is 11.1. The summed E-state index contributed by atoms with van der Waals surface area (Å²) >= 11 is 5.67. The molecule has 2 N–H and O–H groups in total. The first-order chi connectivity index (χ1) is 5.43. The van der Waals surface area contributed by atoms with Crippen molar-refractivity contribution in [3.05, 3.63) is 23.2 Å². The van der Waals surface area contributed by atoms with E-state index in [-0.39, 0.29) is 15.6 Å². The molecule has 0 aliphatic heterocycles. The fourth-order valence-corrected chi connectivity index (χ4v) is 2.13. The molecule has 0 unspecified atom stereocenters. The minimum Gasteiger partial charge on any atom is -0.397 e. The number of hydrogen-bond acceptors (Lipinski definition) is 3. The molecule has 0 aliphatic rings. The third-order valence-electron chi connectivity index (χ3n) is 1.39. The summed E-state index contributed by atoms with van der Waals surface area (Å²) in [5.41, 5.74) is 5.70. The normalized spacial score (nSPS) is 11.5. The van der Waals surface area contributed by atoms with Crippen LogP contribution in [-0.2, 0) is 9.84 Å². The lowest BCUT2D eigenvalue weighted by atomic mass is 10.3. The maximum Gasteiger partial charge on any atom is 0.177 e. The van der Waals surface area contributed by atoms with E-state index in [2.05, 4.69) is 0 Å². The van der Waals surface area contributed by atoms with Crippen LogP contribution < -0.4 is 5.73 Å². The number of nitrogens with two attached hydrogens (primary N) is 1. The minimum atomic E-state index is -3.27. The van der Waals surface area contributed by atoms with Gasteiger partial charge in [-0.2, -0.15) is 0 Å². The molecule has 0 fully saturated rings. The summed E-state index contributed by atoms with van der Waals surface area (Å²) in [6.45, 7) is 0. The van der Waals surface area contributed by atoms with Gasteiger partial charge in [0.05, 0.1) is 15.6 Å². The van der Waals surface area contributed by atoms with E-state index in [4.69, 9.17) is 17.3 Å². The molecule has 66 valence electrons. The van der Waals surface area contributed by atoms with Gasteiger partial charge >= 0.3 is 0 Å². The van der Waals surface area contributed by atoms with Gasteiger partial charge in [0, 0.05) is 6.26 Å². The molecule has 0 radical (unpaired) electrons. The summed E-state index contributed by atoms with van der Waals surface area (Å²) < 4.78 is 22.1. The Hall–Kier alpha value is -0.740. The molecule has 1 rings (SSSR count). The highest BCUT2D eigenvalue weighted by molar-refractivity contribution is 7.90. The molecule has 0 atom stereocenters. The van der Waals surface area contributed by atoms with Crippen LogP contribution in [0.15, 0.2) is 23.1 Å². The highest BCUT2D eigenvalue weighted by atomic mass is 35.5. The summed E-state index contributed by atoms with van der Waals surface area (Å²) in [5.74, 6) is 0. The molecule has 3 nitrogen and oxygen atoms in total. The second-order valence-electron chi connectivity index (χ2n) is 2.43. The maximum atomic E-state index is 11.1. The lowest BCUT2D eigenvalue weighted by Crippen LogP contribution is -1.99. The minimum absolute atomic E-state index is 0.0733. The van der Waals surface area contributed by atoms with Gasteiger partial charge < -0.3 is 5.73 Å². The van der Waals surface area contributed by atoms with Gasteiger partial charge in [0.1, 0.15) is 0 Å². The molecule has 0 spiro atoms. The number of rotatable bonds is 1. The Morgan fingerprint density at radius 2 is 2.00 bits per heavy atom. The first-order valence-electron chi connectivity index (χ1n) is 3.17. The van der Waals surface area contributed by atoms with E-state index >= 15 is 0 Å². The molecule has 0 bridgehead atoms. The molecule has 1 aromatic rings. The van der Waals surface area contributed by atoms with E-state index in [1.165, 1.54) is 6.07 Å². The van der Waals surface area contributed by atoms with Gasteiger partial charge in [0.15, 0.2) is 9.84 Å². The van der Waals surface area contributed by atoms with E-state index in [1.807, 2.05) is 0 Å². The highest BCUT2D eigenvalue weighted by Crippen LogP contribution is 2.26. The first-order valence-corrected chi connectivity index (χ1v) is 5.44. The molecular formula is C7H8ClNO2S. The fraction of sp³-hybridized carbons (Fsp3) is 0.143. The van der Waals surface area contributed by atoms with Crippen LogP contribution in [0.2, 0.25) is 5.02 Å². The standard InChI is InChI=1S/C7H8ClNO2S/c1-12(10,11)6-4-2-3-5(9)7(6)8/h2-4H,9H2,1H3. The van der Waals surface area contributed by atoms with E-state index in [0.717, 1.165) is 6.26 Å². The van der Waals surface area contributed by atoms with Gasteiger partial charge in [0.25, 0.3) is 0 Å². The number of halogens is 1. The molecule has 0 saturated carbocycles. The zero-order chi connectivity index (χ0) is 9.35. The van der Waals surface area contributed by atoms with Gasteiger partial charge in [-0.25, -0.2) is 8.42 Å². The van der Waals surface area contributed by atoms with Crippen LogP contribution in [0.5, 0.6) is 0 Å². The van der Waals surface area contributed by atoms with Crippen molar-refractivity contribution < 1.29 is 8.42 Å². The van der Waals surface area contributed by atoms with Crippen LogP contribution in [0.4, 0.5) is 5.69 Å². The molecule has 0 aliphatic carbocycles. The van der Waals surface area contributed by atoms with Crippen molar-refractivity contribution in [3.63, 3.8) is 0 Å². The van der Waals surface area contributed by atoms with Crippen molar-refractivity contribution in [3.8, 4) is 0 Å². The summed E-state index contributed by atoms with van der Waals surface area (Å²) in [6, 6.07) is 4.53. The van der Waals surface area contributed by atoms with Crippen molar-refractivity contribution in [2.45, 2.75) is 4.90 Å². The Morgan fingerprint density at radius 3 is 2.42 bits per heavy atom. The van der Waals surface area contributed by atoms with Crippen molar-refractivity contribution in [1.82, 2.24) is 0 Å². The van der Waals surface area contributed by atoms with Crippen molar-refractivity contribution >= 4 is 27.1 Å². The summed E-state index contributed by atoms with van der Waals surface area (Å²) in [4.78, 5) is 0.0733. The first kappa shape index (κ1) is 9.35. The molecule has 0 heterocycles. The molecule has 12 heavy (non-hydrogen) atoms. The lowest BCUT2D eigenvalue weighted by Gasteiger charge is -2.02. The average Bonchev–Trinajstić information content (AvgIpc) is 1.92. The van der Waals surface area contributed by atoms with E-state index < -0.39 is 9.84 Å². The highest BCUT2D eigenvalue weighted by Gasteiger charge is 2.12. The number of hydrogen-bond donors (Lipinski definition) is 1. The lowest BCUT2D eigenvalue weighted by molar-refractivity contribution is 0.602. The van der Waals surface area contributed by atoms with Gasteiger partial charge in [-0.15, -0.1) is 0 Å². The summed E-state index contributed by atoms with van der Waals surface area (Å²) in [6.07, 6.45) is 1.09. The van der Waals surface area contributed by atoms with Gasteiger partial charge in [-0.3, -0.25) is 0 Å². The third-order valence-corrected chi connectivity index (χ3v) is 3.07. The second-order valence-corrected chi connectivity index (χ2v) is 4.79. The van der Waals surface area contributed by atoms with Crippen LogP contribution in [0, 0.1) is 0 Å². The monoisotopic (exact) mass is 205 g/mol. The number of benzene rings is 1. The van der Waals surface area contributed by atoms with Gasteiger partial charge in [-0.1, -0.05) is 17.7 Å². The molecule has 5 heteroatoms. The smallest absolute Gasteiger partial charge is 0.177 e. The van der Waals surface area contributed by atoms with Crippen molar-refractivity contribution in [2.75, 3.05) is 12.0 Å². The summed E-state index contributed by atoms with van der Waals surface area (Å²) in [7, 11) is -3.27. The average molecular weight is 206 g/mol. The zero-order valence-electron chi connectivity index (χ0n) is 6.41. The van der Waals surface area contributed by atoms with Crippen LogP contribution in [0.25, 0.3) is 0 Å². The molecule has 0 saturated heterocycles. The molecule has 0 amide bonds. The van der Waals surface area contributed by atoms with Crippen molar-refractivity contribution in [2.24, 2.45) is 0 Å². The second kappa shape index (κ2) is 2.95. The van der Waals surface area contributed by atoms with Gasteiger partial charge in [-0.05, 0) is 12.1 Å². The number of anilines is 1. The largest absolute Gasteiger partial charge is 0.397 e. The molecule has 0 aromatic heterocycles. The van der Waals surface area contributed by atoms with Crippen LogP contribution >= 0.6 is 11.6 Å². The Morgan fingerprint density at radius 1 is 1.42 bits per heavy atom. The van der Waals surface area contributed by atoms with E-state index in [9.17, 15) is 8.42 Å². The fourth-order valence-electron chi connectivity index (χ4n) is 0.814. The predicted molar refractivity (Wildman–Crippen MR) is 49.0 cm³/mol. The summed E-state index contributed by atoms with van der Waals surface area (Å²) in [5, 5.41) is 0.0972. The quantitative estimate of drug-likeness (QED) is 0.704. The Balaban J connectivity index is 3.47. The van der Waals surface area contributed by atoms with Crippen LogP contribution in [0.1, 0.15) is 0 Å². The number of sulfone groups is 1. The van der Waals surface area contributed by atoms with Crippen LogP contribution in [0.3, 0.4) is 0 Å². The molecular weight excluding hydrogens is 198 g/mol. The topological polar surface area (TPSA) is 60.2 Å². The predicted octanol–water partition coefficient (Wildman–Crippen LogP) is 1.33.